The summed E-state index contributed by atoms with van der Waals surface area (Å²) >= 11 is 0. The number of carbonyl (C=O) groups is 1. The Labute approximate surface area is 110 Å². The van der Waals surface area contributed by atoms with Crippen molar-refractivity contribution in [2.24, 2.45) is 0 Å². The first-order chi connectivity index (χ1) is 9.10. The maximum absolute atomic E-state index is 11.2. The monoisotopic (exact) mass is 263 g/mol. The molecule has 1 atom stereocenters. The van der Waals surface area contributed by atoms with Gasteiger partial charge in [0, 0.05) is 0 Å². The maximum atomic E-state index is 11.2. The van der Waals surface area contributed by atoms with Crippen molar-refractivity contribution in [3.63, 3.8) is 0 Å². The number of fused-ring (bicyclic) bond motifs is 1. The lowest BCUT2D eigenvalue weighted by Gasteiger charge is -2.14. The average molecular weight is 263 g/mol. The number of rotatable bonds is 6. The van der Waals surface area contributed by atoms with Crippen LogP contribution < -0.4 is 5.32 Å². The summed E-state index contributed by atoms with van der Waals surface area (Å²) in [6.45, 7) is 3.81. The van der Waals surface area contributed by atoms with E-state index >= 15 is 0 Å². The van der Waals surface area contributed by atoms with Gasteiger partial charge in [-0.05, 0) is 25.5 Å². The zero-order chi connectivity index (χ0) is 13.8. The summed E-state index contributed by atoms with van der Waals surface area (Å²) < 4.78 is 1.40. The lowest BCUT2D eigenvalue weighted by atomic mass is 10.1. The van der Waals surface area contributed by atoms with E-state index in [2.05, 4.69) is 20.5 Å². The number of nitrogens with zero attached hydrogens (tertiary/aromatic N) is 4. The number of hydrogen-bond acceptors (Lipinski definition) is 5. The van der Waals surface area contributed by atoms with E-state index in [9.17, 15) is 4.79 Å². The highest BCUT2D eigenvalue weighted by Crippen LogP contribution is 2.10. The van der Waals surface area contributed by atoms with Crippen LogP contribution >= 0.6 is 0 Å². The van der Waals surface area contributed by atoms with Gasteiger partial charge in [-0.25, -0.2) is 9.78 Å². The molecule has 2 aromatic heterocycles. The summed E-state index contributed by atoms with van der Waals surface area (Å²) in [5.74, 6) is 0.247. The third-order valence-corrected chi connectivity index (χ3v) is 2.78. The molecule has 102 valence electrons. The fourth-order valence-electron chi connectivity index (χ4n) is 1.81. The molecule has 0 saturated heterocycles. The minimum atomic E-state index is -0.870. The number of aromatic nitrogens is 4. The highest BCUT2D eigenvalue weighted by molar-refractivity contribution is 5.76. The van der Waals surface area contributed by atoms with Crippen LogP contribution in [-0.4, -0.2) is 36.9 Å². The highest BCUT2D eigenvalue weighted by Gasteiger charge is 2.17. The number of anilines is 1. The maximum Gasteiger partial charge on any atom is 0.326 e. The van der Waals surface area contributed by atoms with Crippen LogP contribution in [0.3, 0.4) is 0 Å². The molecule has 7 nitrogen and oxygen atoms in total. The first-order valence-corrected chi connectivity index (χ1v) is 6.30. The summed E-state index contributed by atoms with van der Waals surface area (Å²) in [5.41, 5.74) is 0.642. The third-order valence-electron chi connectivity index (χ3n) is 2.78. The molecule has 7 heteroatoms. The number of hydrogen-bond donors (Lipinski definition) is 2. The SMILES string of the molecule is CCCCC(Nc1ccc2nc(C)nn2n1)C(=O)O. The van der Waals surface area contributed by atoms with Gasteiger partial charge in [-0.3, -0.25) is 0 Å². The van der Waals surface area contributed by atoms with Crippen LogP contribution in [-0.2, 0) is 4.79 Å². The van der Waals surface area contributed by atoms with E-state index in [0.29, 0.717) is 23.7 Å². The predicted octanol–water partition coefficient (Wildman–Crippen LogP) is 1.49. The molecule has 0 aliphatic rings. The van der Waals surface area contributed by atoms with Gasteiger partial charge >= 0.3 is 5.97 Å². The van der Waals surface area contributed by atoms with Gasteiger partial charge in [0.1, 0.15) is 17.7 Å². The molecule has 2 aromatic rings. The van der Waals surface area contributed by atoms with Crippen molar-refractivity contribution < 1.29 is 9.90 Å². The summed E-state index contributed by atoms with van der Waals surface area (Å²) in [4.78, 5) is 15.3. The number of unbranched alkanes of at least 4 members (excludes halogenated alkanes) is 1. The van der Waals surface area contributed by atoms with E-state index in [-0.39, 0.29) is 0 Å². The van der Waals surface area contributed by atoms with Crippen molar-refractivity contribution in [3.8, 4) is 0 Å². The lowest BCUT2D eigenvalue weighted by Crippen LogP contribution is -2.29. The Bertz CT molecular complexity index is 581. The molecule has 2 rings (SSSR count). The summed E-state index contributed by atoms with van der Waals surface area (Å²) in [6, 6.07) is 2.84. The Morgan fingerprint density at radius 1 is 1.47 bits per heavy atom. The molecule has 0 aliphatic heterocycles. The second-order valence-corrected chi connectivity index (χ2v) is 4.40. The first kappa shape index (κ1) is 13.3. The smallest absolute Gasteiger partial charge is 0.326 e. The van der Waals surface area contributed by atoms with Crippen molar-refractivity contribution in [1.29, 1.82) is 0 Å². The van der Waals surface area contributed by atoms with E-state index in [0.717, 1.165) is 12.8 Å². The van der Waals surface area contributed by atoms with Crippen molar-refractivity contribution in [2.75, 3.05) is 5.32 Å². The standard InChI is InChI=1S/C12H17N5O2/c1-3-4-5-9(12(18)19)14-10-6-7-11-13-8(2)15-17(11)16-10/h6-7,9H,3-5H2,1-2H3,(H,14,16)(H,18,19). The third kappa shape index (κ3) is 3.18. The van der Waals surface area contributed by atoms with Gasteiger partial charge in [-0.2, -0.15) is 0 Å². The van der Waals surface area contributed by atoms with Crippen LogP contribution in [0.15, 0.2) is 12.1 Å². The molecule has 2 N–H and O–H groups in total. The molecular formula is C12H17N5O2. The fraction of sp³-hybridized carbons (Fsp3) is 0.500. The Kier molecular flexibility index (Phi) is 3.94. The number of aryl methyl sites for hydroxylation is 1. The summed E-state index contributed by atoms with van der Waals surface area (Å²) in [6.07, 6.45) is 2.39. The molecular weight excluding hydrogens is 246 g/mol. The molecule has 0 fully saturated rings. The van der Waals surface area contributed by atoms with E-state index in [1.54, 1.807) is 19.1 Å². The first-order valence-electron chi connectivity index (χ1n) is 6.30. The second kappa shape index (κ2) is 5.64. The van der Waals surface area contributed by atoms with Crippen LogP contribution in [0.2, 0.25) is 0 Å². The van der Waals surface area contributed by atoms with Gasteiger partial charge in [0.2, 0.25) is 0 Å². The molecule has 0 aliphatic carbocycles. The molecule has 0 saturated carbocycles. The van der Waals surface area contributed by atoms with Gasteiger partial charge in [0.15, 0.2) is 5.65 Å². The largest absolute Gasteiger partial charge is 0.480 e. The molecule has 0 amide bonds. The molecule has 19 heavy (non-hydrogen) atoms. The topological polar surface area (TPSA) is 92.4 Å². The number of carboxylic acid groups (broad SMARTS) is 1. The van der Waals surface area contributed by atoms with Gasteiger partial charge in [0.05, 0.1) is 0 Å². The Morgan fingerprint density at radius 3 is 2.95 bits per heavy atom. The summed E-state index contributed by atoms with van der Waals surface area (Å²) in [5, 5.41) is 20.4. The van der Waals surface area contributed by atoms with Crippen LogP contribution in [0.5, 0.6) is 0 Å². The van der Waals surface area contributed by atoms with Crippen LogP contribution in [0.4, 0.5) is 5.82 Å². The number of carboxylic acids is 1. The Hall–Kier alpha value is -2.18. The normalized spacial score (nSPS) is 12.5. The number of nitrogens with one attached hydrogen (secondary N) is 1. The minimum absolute atomic E-state index is 0.487. The van der Waals surface area contributed by atoms with E-state index < -0.39 is 12.0 Å². The molecule has 2 heterocycles. The number of aliphatic carboxylic acids is 1. The molecule has 1 unspecified atom stereocenters. The van der Waals surface area contributed by atoms with Crippen LogP contribution in [0.25, 0.3) is 5.65 Å². The van der Waals surface area contributed by atoms with Crippen molar-refractivity contribution in [1.82, 2.24) is 19.8 Å². The molecule has 0 bridgehead atoms. The minimum Gasteiger partial charge on any atom is -0.480 e. The van der Waals surface area contributed by atoms with E-state index in [1.165, 1.54) is 4.63 Å². The molecule has 0 radical (unpaired) electrons. The van der Waals surface area contributed by atoms with Crippen molar-refractivity contribution in [3.05, 3.63) is 18.0 Å². The molecule has 0 spiro atoms. The van der Waals surface area contributed by atoms with Gasteiger partial charge in [-0.1, -0.05) is 19.8 Å². The van der Waals surface area contributed by atoms with Gasteiger partial charge in [0.25, 0.3) is 0 Å². The van der Waals surface area contributed by atoms with Crippen molar-refractivity contribution >= 4 is 17.4 Å². The summed E-state index contributed by atoms with van der Waals surface area (Å²) in [7, 11) is 0. The fourth-order valence-corrected chi connectivity index (χ4v) is 1.81. The zero-order valence-electron chi connectivity index (χ0n) is 11.0. The van der Waals surface area contributed by atoms with Gasteiger partial charge in [-0.15, -0.1) is 14.8 Å². The quantitative estimate of drug-likeness (QED) is 0.820. The average Bonchev–Trinajstić information content (AvgIpc) is 2.73. The predicted molar refractivity (Wildman–Crippen MR) is 70.1 cm³/mol. The zero-order valence-corrected chi connectivity index (χ0v) is 11.0. The van der Waals surface area contributed by atoms with Crippen LogP contribution in [0.1, 0.15) is 32.0 Å². The van der Waals surface area contributed by atoms with Crippen molar-refractivity contribution in [2.45, 2.75) is 39.2 Å². The molecule has 0 aromatic carbocycles. The highest BCUT2D eigenvalue weighted by atomic mass is 16.4. The van der Waals surface area contributed by atoms with Crippen LogP contribution in [0, 0.1) is 6.92 Å². The second-order valence-electron chi connectivity index (χ2n) is 4.40. The van der Waals surface area contributed by atoms with Gasteiger partial charge < -0.3 is 10.4 Å². The van der Waals surface area contributed by atoms with E-state index in [1.807, 2.05) is 6.92 Å². The Balaban J connectivity index is 2.15. The van der Waals surface area contributed by atoms with E-state index in [4.69, 9.17) is 5.11 Å². The lowest BCUT2D eigenvalue weighted by molar-refractivity contribution is -0.138. The Morgan fingerprint density at radius 2 is 2.26 bits per heavy atom.